The molecule has 296 valence electrons. The molecule has 15 nitrogen and oxygen atoms in total. The van der Waals surface area contributed by atoms with Gasteiger partial charge in [-0.3, -0.25) is 9.59 Å². The van der Waals surface area contributed by atoms with Gasteiger partial charge in [0.2, 0.25) is 11.8 Å². The Morgan fingerprint density at radius 1 is 0.821 bits per heavy atom. The molecule has 4 heterocycles. The summed E-state index contributed by atoms with van der Waals surface area (Å²) in [5.74, 6) is 1.08. The molecule has 2 aromatic heterocycles. The number of hydrogen-bond acceptors (Lipinski definition) is 9. The Hall–Kier alpha value is -5.70. The largest absolute Gasteiger partial charge is 0.453 e. The Bertz CT molecular complexity index is 2050. The van der Waals surface area contributed by atoms with Crippen LogP contribution in [0.3, 0.4) is 0 Å². The van der Waals surface area contributed by atoms with Gasteiger partial charge >= 0.3 is 12.2 Å². The van der Waals surface area contributed by atoms with E-state index in [0.717, 1.165) is 65.1 Å². The van der Waals surface area contributed by atoms with E-state index >= 15 is 0 Å². The van der Waals surface area contributed by atoms with E-state index in [1.807, 2.05) is 30.2 Å². The fourth-order valence-corrected chi connectivity index (χ4v) is 8.49. The van der Waals surface area contributed by atoms with Gasteiger partial charge in [-0.15, -0.1) is 0 Å². The minimum atomic E-state index is -0.894. The summed E-state index contributed by atoms with van der Waals surface area (Å²) in [4.78, 5) is 70.5. The summed E-state index contributed by atoms with van der Waals surface area (Å²) >= 11 is 0. The highest BCUT2D eigenvalue weighted by atomic mass is 16.6. The molecular weight excluding hydrogens is 716 g/mol. The van der Waals surface area contributed by atoms with E-state index in [4.69, 9.17) is 24.9 Å². The van der Waals surface area contributed by atoms with Crippen LogP contribution in [0.15, 0.2) is 60.9 Å². The average molecular weight is 767 g/mol. The Balaban J connectivity index is 0.985. The van der Waals surface area contributed by atoms with E-state index < -0.39 is 29.9 Å². The van der Waals surface area contributed by atoms with Crippen LogP contribution in [0.5, 0.6) is 0 Å². The van der Waals surface area contributed by atoms with E-state index in [1.165, 1.54) is 14.2 Å². The number of imidazole rings is 2. The molecule has 2 aliphatic heterocycles. The number of nitrogens with zero attached hydrogens (tertiary/aromatic N) is 4. The maximum absolute atomic E-state index is 13.6. The Labute approximate surface area is 325 Å². The minimum Gasteiger partial charge on any atom is -0.453 e. The van der Waals surface area contributed by atoms with E-state index in [-0.39, 0.29) is 29.8 Å². The zero-order valence-electron chi connectivity index (χ0n) is 32.2. The van der Waals surface area contributed by atoms with Crippen LogP contribution in [-0.4, -0.2) is 98.8 Å². The molecule has 0 bridgehead atoms. The number of carbonyl (C=O) groups excluding carboxylic acids is 4. The van der Waals surface area contributed by atoms with Crippen molar-refractivity contribution in [2.45, 2.75) is 88.6 Å². The number of H-pyrrole nitrogens is 2. The van der Waals surface area contributed by atoms with Gasteiger partial charge in [-0.1, -0.05) is 48.5 Å². The topological polar surface area (TPSA) is 198 Å². The lowest BCUT2D eigenvalue weighted by molar-refractivity contribution is -0.138. The molecule has 56 heavy (non-hydrogen) atoms. The number of methoxy groups -OCH3 is 2. The van der Waals surface area contributed by atoms with Crippen molar-refractivity contribution < 1.29 is 33.4 Å². The number of ether oxygens (including phenoxy) is 3. The summed E-state index contributed by atoms with van der Waals surface area (Å²) < 4.78 is 15.5. The molecule has 1 saturated carbocycles. The first kappa shape index (κ1) is 38.6. The van der Waals surface area contributed by atoms with Crippen LogP contribution in [0.1, 0.15) is 82.5 Å². The number of alkyl carbamates (subject to hydrolysis) is 1. The number of rotatable bonds is 11. The molecule has 6 atom stereocenters. The lowest BCUT2D eigenvalue weighted by Crippen LogP contribution is -2.54. The molecular formula is C41H50N8O7. The van der Waals surface area contributed by atoms with Gasteiger partial charge in [0.05, 0.1) is 49.1 Å². The van der Waals surface area contributed by atoms with Gasteiger partial charge in [0, 0.05) is 26.1 Å². The highest BCUT2D eigenvalue weighted by Gasteiger charge is 2.45. The molecule has 0 spiro atoms. The summed E-state index contributed by atoms with van der Waals surface area (Å²) in [6.07, 6.45) is 6.59. The van der Waals surface area contributed by atoms with E-state index in [2.05, 4.69) is 56.7 Å². The highest BCUT2D eigenvalue weighted by Crippen LogP contribution is 2.41. The fourth-order valence-electron chi connectivity index (χ4n) is 8.49. The van der Waals surface area contributed by atoms with Crippen LogP contribution in [0.25, 0.3) is 33.6 Å². The standard InChI is InChI=1S/C41H50N8O7/c1-24(54-3)34(47-40(53)55-4)38(51)49-20-6-8-33(49)36-44-23-31(46-36)28-15-11-26(12-16-28)25-9-13-27(14-10-25)30-22-43-35(45-30)32-7-5-19-48(32)37(50)29-17-18-41(2,21-29)56-39(42)52/h9-16,22-24,29,32-34H,5-8,17-21H2,1-4H3,(H2,42,52)(H,43,45)(H,44,46)(H,47,53)/t24?,29-,32-,33?,34?,41+/m0/s1. The monoisotopic (exact) mass is 766 g/mol. The van der Waals surface area contributed by atoms with Crippen LogP contribution in [-0.2, 0) is 23.8 Å². The lowest BCUT2D eigenvalue weighted by atomic mass is 10.0. The third-order valence-electron chi connectivity index (χ3n) is 11.6. The zero-order chi connectivity index (χ0) is 39.6. The maximum Gasteiger partial charge on any atom is 0.407 e. The molecule has 3 aliphatic rings. The Morgan fingerprint density at radius 2 is 1.34 bits per heavy atom. The van der Waals surface area contributed by atoms with Gasteiger partial charge in [0.1, 0.15) is 23.3 Å². The second-order valence-electron chi connectivity index (χ2n) is 15.3. The van der Waals surface area contributed by atoms with Crippen LogP contribution < -0.4 is 11.1 Å². The number of nitrogens with one attached hydrogen (secondary N) is 3. The quantitative estimate of drug-likeness (QED) is 0.144. The van der Waals surface area contributed by atoms with Crippen molar-refractivity contribution in [1.29, 1.82) is 0 Å². The van der Waals surface area contributed by atoms with Crippen molar-refractivity contribution >= 4 is 24.0 Å². The Morgan fingerprint density at radius 3 is 1.86 bits per heavy atom. The maximum atomic E-state index is 13.6. The van der Waals surface area contributed by atoms with Crippen LogP contribution in [0.2, 0.25) is 0 Å². The molecule has 2 saturated heterocycles. The zero-order valence-corrected chi connectivity index (χ0v) is 32.2. The summed E-state index contributed by atoms with van der Waals surface area (Å²) in [7, 11) is 2.76. The first-order chi connectivity index (χ1) is 27.0. The number of nitrogens with two attached hydrogens (primary N) is 1. The van der Waals surface area contributed by atoms with Crippen molar-refractivity contribution in [3.63, 3.8) is 0 Å². The van der Waals surface area contributed by atoms with Crippen molar-refractivity contribution in [2.75, 3.05) is 27.3 Å². The molecule has 3 fully saturated rings. The highest BCUT2D eigenvalue weighted by molar-refractivity contribution is 5.87. The molecule has 1 aliphatic carbocycles. The molecule has 4 amide bonds. The number of aromatic nitrogens is 4. The van der Waals surface area contributed by atoms with Gasteiger partial charge in [0.15, 0.2) is 0 Å². The second kappa shape index (κ2) is 16.2. The molecule has 3 unspecified atom stereocenters. The number of amides is 4. The SMILES string of the molecule is COC(=O)NC(C(=O)N1CCCC1c1ncc(-c2ccc(-c3ccc(-c4cnc([C@@H]5CCCN5C(=O)[C@H]5CC[C@@](C)(OC(N)=O)C5)[nH]4)cc3)cc2)[nH]1)C(C)OC. The third-order valence-corrected chi connectivity index (χ3v) is 11.6. The molecule has 5 N–H and O–H groups in total. The summed E-state index contributed by atoms with van der Waals surface area (Å²) in [6.45, 7) is 4.79. The number of hydrogen-bond donors (Lipinski definition) is 4. The minimum absolute atomic E-state index is 0.0791. The van der Waals surface area contributed by atoms with Gasteiger partial charge in [0.25, 0.3) is 0 Å². The first-order valence-electron chi connectivity index (χ1n) is 19.2. The van der Waals surface area contributed by atoms with Gasteiger partial charge in [-0.2, -0.15) is 0 Å². The second-order valence-corrected chi connectivity index (χ2v) is 15.3. The number of primary amides is 1. The smallest absolute Gasteiger partial charge is 0.407 e. The molecule has 4 aromatic rings. The van der Waals surface area contributed by atoms with Gasteiger partial charge in [-0.25, -0.2) is 19.6 Å². The summed E-state index contributed by atoms with van der Waals surface area (Å²) in [5, 5.41) is 2.62. The Kier molecular flexibility index (Phi) is 11.1. The van der Waals surface area contributed by atoms with E-state index in [9.17, 15) is 19.2 Å². The van der Waals surface area contributed by atoms with Crippen LogP contribution >= 0.6 is 0 Å². The predicted molar refractivity (Wildman–Crippen MR) is 207 cm³/mol. The third kappa shape index (κ3) is 7.99. The van der Waals surface area contributed by atoms with Crippen LogP contribution in [0.4, 0.5) is 9.59 Å². The molecule has 7 rings (SSSR count). The van der Waals surface area contributed by atoms with E-state index in [1.54, 1.807) is 18.0 Å². The van der Waals surface area contributed by atoms with Crippen molar-refractivity contribution in [3.05, 3.63) is 72.6 Å². The predicted octanol–water partition coefficient (Wildman–Crippen LogP) is 5.87. The van der Waals surface area contributed by atoms with Gasteiger partial charge < -0.3 is 45.0 Å². The molecule has 0 radical (unpaired) electrons. The average Bonchev–Trinajstić information content (AvgIpc) is 4.06. The first-order valence-corrected chi connectivity index (χ1v) is 19.2. The summed E-state index contributed by atoms with van der Waals surface area (Å²) in [5.41, 5.74) is 10.3. The lowest BCUT2D eigenvalue weighted by Gasteiger charge is -2.30. The molecule has 15 heteroatoms. The fraction of sp³-hybridized carbons (Fsp3) is 0.463. The van der Waals surface area contributed by atoms with Crippen LogP contribution in [0, 0.1) is 5.92 Å². The number of carbonyl (C=O) groups is 4. The van der Waals surface area contributed by atoms with E-state index in [0.29, 0.717) is 38.2 Å². The van der Waals surface area contributed by atoms with Crippen molar-refractivity contribution in [2.24, 2.45) is 11.7 Å². The van der Waals surface area contributed by atoms with Gasteiger partial charge in [-0.05, 0) is 81.0 Å². The van der Waals surface area contributed by atoms with Crippen molar-refractivity contribution in [1.82, 2.24) is 35.1 Å². The number of likely N-dealkylation sites (tertiary alicyclic amines) is 2. The number of aromatic amines is 2. The molecule has 2 aromatic carbocycles. The van der Waals surface area contributed by atoms with Crippen molar-refractivity contribution in [3.8, 4) is 33.6 Å². The number of benzene rings is 2. The normalized spacial score (nSPS) is 23.2. The summed E-state index contributed by atoms with van der Waals surface area (Å²) in [6, 6.07) is 15.2.